The summed E-state index contributed by atoms with van der Waals surface area (Å²) >= 11 is 2.28. The highest BCUT2D eigenvalue weighted by atomic mass is 127. The van der Waals surface area contributed by atoms with Gasteiger partial charge in [-0.25, -0.2) is 4.98 Å². The van der Waals surface area contributed by atoms with Crippen molar-refractivity contribution in [1.29, 1.82) is 0 Å². The lowest BCUT2D eigenvalue weighted by molar-refractivity contribution is -0.417. The van der Waals surface area contributed by atoms with E-state index in [-0.39, 0.29) is 0 Å². The lowest BCUT2D eigenvalue weighted by Crippen LogP contribution is -2.24. The van der Waals surface area contributed by atoms with Gasteiger partial charge in [0, 0.05) is 13.0 Å². The molecule has 1 aromatic carbocycles. The molecule has 12 heavy (non-hydrogen) atoms. The number of hydrogen-bond acceptors (Lipinski definition) is 1. The van der Waals surface area contributed by atoms with Crippen LogP contribution in [0.25, 0.3) is 11.0 Å². The Labute approximate surface area is 84.7 Å². The van der Waals surface area contributed by atoms with E-state index >= 15 is 0 Å². The first-order chi connectivity index (χ1) is 5.79. The number of para-hydroxylation sites is 2. The number of rotatable bonds is 0. The van der Waals surface area contributed by atoms with Crippen LogP contribution >= 0.6 is 22.9 Å². The second-order valence-corrected chi connectivity index (χ2v) is 3.63. The molecule has 1 aromatic heterocycles. The van der Waals surface area contributed by atoms with Gasteiger partial charge < -0.3 is 0 Å². The van der Waals surface area contributed by atoms with E-state index in [0.29, 0.717) is 0 Å². The van der Waals surface area contributed by atoms with Crippen LogP contribution in [0.5, 0.6) is 0 Å². The van der Waals surface area contributed by atoms with Crippen LogP contribution in [0.3, 0.4) is 0 Å². The number of aryl methyl sites for hydroxylation is 1. The summed E-state index contributed by atoms with van der Waals surface area (Å²) in [5, 5.41) is 0. The molecule has 2 nitrogen and oxygen atoms in total. The summed E-state index contributed by atoms with van der Waals surface area (Å²) in [6.07, 6.45) is 1.88. The molecule has 2 aromatic rings. The van der Waals surface area contributed by atoms with Crippen molar-refractivity contribution in [2.24, 2.45) is 0 Å². The van der Waals surface area contributed by atoms with Gasteiger partial charge in [0.2, 0.25) is 11.2 Å². The van der Waals surface area contributed by atoms with Gasteiger partial charge in [0.25, 0.3) is 0 Å². The molecule has 1 heterocycles. The molecule has 60 valence electrons. The second-order valence-electron chi connectivity index (χ2n) is 2.67. The number of benzene rings is 1. The molecule has 0 atom stereocenters. The fraction of sp³-hybridized carbons (Fsp3) is 0.111. The first kappa shape index (κ1) is 7.91. The second kappa shape index (κ2) is 2.97. The van der Waals surface area contributed by atoms with E-state index in [2.05, 4.69) is 36.7 Å². The summed E-state index contributed by atoms with van der Waals surface area (Å²) in [5.74, 6) is 0. The van der Waals surface area contributed by atoms with Gasteiger partial charge in [-0.1, -0.05) is 12.1 Å². The predicted molar refractivity (Wildman–Crippen MR) is 56.1 cm³/mol. The molecule has 0 saturated carbocycles. The van der Waals surface area contributed by atoms with E-state index in [1.165, 1.54) is 0 Å². The zero-order valence-corrected chi connectivity index (χ0v) is 8.82. The normalized spacial score (nSPS) is 10.5. The molecule has 0 spiro atoms. The third-order valence-corrected chi connectivity index (χ3v) is 3.07. The van der Waals surface area contributed by atoms with Crippen LogP contribution in [0.1, 0.15) is 5.69 Å². The monoisotopic (exact) mass is 271 g/mol. The lowest BCUT2D eigenvalue weighted by Gasteiger charge is -1.94. The molecule has 0 unspecified atom stereocenters. The van der Waals surface area contributed by atoms with Gasteiger partial charge in [-0.3, -0.25) is 0 Å². The highest BCUT2D eigenvalue weighted by Crippen LogP contribution is 2.07. The van der Waals surface area contributed by atoms with Crippen molar-refractivity contribution >= 4 is 33.9 Å². The zero-order valence-electron chi connectivity index (χ0n) is 6.66. The van der Waals surface area contributed by atoms with Crippen LogP contribution in [-0.4, -0.2) is 4.98 Å². The summed E-state index contributed by atoms with van der Waals surface area (Å²) in [4.78, 5) is 4.32. The standard InChI is InChI=1S/C9H8IN2/c1-7-6-11-8-4-2-3-5-9(8)12(7)10/h2-6H,1H3/q+1. The van der Waals surface area contributed by atoms with Crippen LogP contribution in [0.2, 0.25) is 0 Å². The summed E-state index contributed by atoms with van der Waals surface area (Å²) in [6, 6.07) is 8.12. The van der Waals surface area contributed by atoms with Gasteiger partial charge in [-0.2, -0.15) is 0 Å². The average molecular weight is 271 g/mol. The van der Waals surface area contributed by atoms with E-state index in [1.807, 2.05) is 31.3 Å². The Bertz CT molecular complexity index is 426. The molecule has 0 fully saturated rings. The van der Waals surface area contributed by atoms with Crippen molar-refractivity contribution in [2.45, 2.75) is 6.92 Å². The first-order valence-electron chi connectivity index (χ1n) is 3.71. The molecule has 0 N–H and O–H groups in total. The lowest BCUT2D eigenvalue weighted by atomic mass is 10.3. The Balaban J connectivity index is 2.91. The fourth-order valence-corrected chi connectivity index (χ4v) is 1.68. The van der Waals surface area contributed by atoms with E-state index < -0.39 is 0 Å². The van der Waals surface area contributed by atoms with Crippen molar-refractivity contribution in [3.05, 3.63) is 36.2 Å². The van der Waals surface area contributed by atoms with Crippen molar-refractivity contribution in [2.75, 3.05) is 0 Å². The number of aromatic nitrogens is 2. The van der Waals surface area contributed by atoms with E-state index in [4.69, 9.17) is 0 Å². The minimum atomic E-state index is 1.04. The van der Waals surface area contributed by atoms with Crippen molar-refractivity contribution in [3.8, 4) is 0 Å². The highest BCUT2D eigenvalue weighted by Gasteiger charge is 2.09. The van der Waals surface area contributed by atoms with Crippen LogP contribution in [-0.2, 0) is 0 Å². The van der Waals surface area contributed by atoms with Gasteiger partial charge in [0.15, 0.2) is 0 Å². The predicted octanol–water partition coefficient (Wildman–Crippen LogP) is 2.03. The van der Waals surface area contributed by atoms with Crippen LogP contribution in [0.15, 0.2) is 30.5 Å². The smallest absolute Gasteiger partial charge is 0.243 e. The maximum Gasteiger partial charge on any atom is 0.354 e. The van der Waals surface area contributed by atoms with Gasteiger partial charge in [0.1, 0.15) is 5.52 Å². The quantitative estimate of drug-likeness (QED) is 0.670. The number of hydrogen-bond donors (Lipinski definition) is 0. The zero-order chi connectivity index (χ0) is 8.55. The summed E-state index contributed by atoms with van der Waals surface area (Å²) in [5.41, 5.74) is 3.37. The van der Waals surface area contributed by atoms with Crippen molar-refractivity contribution in [3.63, 3.8) is 0 Å². The Morgan fingerprint density at radius 2 is 2.08 bits per heavy atom. The molecule has 0 amide bonds. The Kier molecular flexibility index (Phi) is 1.96. The molecule has 3 heteroatoms. The van der Waals surface area contributed by atoms with Crippen molar-refractivity contribution in [1.82, 2.24) is 4.98 Å². The van der Waals surface area contributed by atoms with Crippen molar-refractivity contribution < 1.29 is 2.78 Å². The largest absolute Gasteiger partial charge is 0.354 e. The summed E-state index contributed by atoms with van der Waals surface area (Å²) in [7, 11) is 0. The number of fused-ring (bicyclic) bond motifs is 1. The average Bonchev–Trinajstić information content (AvgIpc) is 2.12. The maximum atomic E-state index is 4.32. The molecule has 0 aliphatic rings. The Hall–Kier alpha value is -0.710. The molecular weight excluding hydrogens is 263 g/mol. The highest BCUT2D eigenvalue weighted by molar-refractivity contribution is 14.1. The van der Waals surface area contributed by atoms with Crippen LogP contribution in [0, 0.1) is 6.92 Å². The Morgan fingerprint density at radius 1 is 1.33 bits per heavy atom. The maximum absolute atomic E-state index is 4.32. The number of halogens is 1. The molecular formula is C9H8IN2+. The number of nitrogens with zero attached hydrogens (tertiary/aromatic N) is 2. The van der Waals surface area contributed by atoms with Crippen LogP contribution < -0.4 is 2.78 Å². The van der Waals surface area contributed by atoms with Gasteiger partial charge in [-0.15, -0.1) is 2.78 Å². The summed E-state index contributed by atoms with van der Waals surface area (Å²) < 4.78 is 2.11. The Morgan fingerprint density at radius 3 is 2.92 bits per heavy atom. The third kappa shape index (κ3) is 1.18. The molecule has 0 saturated heterocycles. The molecule has 2 rings (SSSR count). The minimum absolute atomic E-state index is 1.04. The topological polar surface area (TPSA) is 16.8 Å². The summed E-state index contributed by atoms with van der Waals surface area (Å²) in [6.45, 7) is 2.05. The van der Waals surface area contributed by atoms with Gasteiger partial charge >= 0.3 is 22.9 Å². The third-order valence-electron chi connectivity index (χ3n) is 1.79. The molecule has 0 aliphatic heterocycles. The SMILES string of the molecule is Cc1cnc2ccccc2[n+]1I. The fourth-order valence-electron chi connectivity index (χ4n) is 1.14. The van der Waals surface area contributed by atoms with Gasteiger partial charge in [0.05, 0.1) is 6.20 Å². The molecule has 0 aliphatic carbocycles. The van der Waals surface area contributed by atoms with Gasteiger partial charge in [-0.05, 0) is 6.07 Å². The van der Waals surface area contributed by atoms with E-state index in [0.717, 1.165) is 16.7 Å². The first-order valence-corrected chi connectivity index (χ1v) is 4.68. The van der Waals surface area contributed by atoms with E-state index in [1.54, 1.807) is 0 Å². The molecule has 0 radical (unpaired) electrons. The van der Waals surface area contributed by atoms with Crippen LogP contribution in [0.4, 0.5) is 0 Å². The minimum Gasteiger partial charge on any atom is -0.243 e. The van der Waals surface area contributed by atoms with E-state index in [9.17, 15) is 0 Å². The molecule has 0 bridgehead atoms.